The highest BCUT2D eigenvalue weighted by Crippen LogP contribution is 2.35. The molecule has 1 aromatic carbocycles. The second-order valence-electron chi connectivity index (χ2n) is 6.51. The fraction of sp³-hybridized carbons (Fsp3) is 0.353. The molecule has 2 aromatic heterocycles. The van der Waals surface area contributed by atoms with Crippen molar-refractivity contribution in [2.24, 2.45) is 0 Å². The zero-order chi connectivity index (χ0) is 19.5. The van der Waals surface area contributed by atoms with Gasteiger partial charge >= 0.3 is 0 Å². The monoisotopic (exact) mass is 399 g/mol. The third-order valence-corrected chi connectivity index (χ3v) is 5.79. The van der Waals surface area contributed by atoms with Crippen LogP contribution in [-0.2, 0) is 11.3 Å². The molecule has 1 aliphatic heterocycles. The number of para-hydroxylation sites is 1. The highest BCUT2D eigenvalue weighted by atomic mass is 32.1. The third kappa shape index (κ3) is 3.74. The number of hydrogen-bond donors (Lipinski definition) is 0. The van der Waals surface area contributed by atoms with E-state index in [1.165, 1.54) is 28.4 Å². The predicted molar refractivity (Wildman–Crippen MR) is 101 cm³/mol. The Labute approximate surface area is 164 Å². The summed E-state index contributed by atoms with van der Waals surface area (Å²) >= 11 is 1.52. The van der Waals surface area contributed by atoms with E-state index in [0.29, 0.717) is 24.3 Å². The van der Waals surface area contributed by atoms with Crippen LogP contribution in [-0.4, -0.2) is 54.0 Å². The van der Waals surface area contributed by atoms with Gasteiger partial charge in [-0.3, -0.25) is 14.9 Å². The molecular weight excluding hydrogens is 382 g/mol. The third-order valence-electron chi connectivity index (χ3n) is 4.78. The number of piperidine rings is 1. The molecule has 10 nitrogen and oxygen atoms in total. The van der Waals surface area contributed by atoms with Gasteiger partial charge in [0, 0.05) is 30.5 Å². The lowest BCUT2D eigenvalue weighted by Crippen LogP contribution is -2.39. The summed E-state index contributed by atoms with van der Waals surface area (Å²) in [6.45, 7) is 1.43. The first kappa shape index (κ1) is 18.2. The van der Waals surface area contributed by atoms with Crippen LogP contribution in [0.15, 0.2) is 36.0 Å². The first-order valence-electron chi connectivity index (χ1n) is 8.79. The van der Waals surface area contributed by atoms with Crippen LogP contribution in [0, 0.1) is 10.1 Å². The first-order chi connectivity index (χ1) is 13.6. The highest BCUT2D eigenvalue weighted by molar-refractivity contribution is 7.10. The second kappa shape index (κ2) is 7.80. The molecule has 1 fully saturated rings. The minimum Gasteiger partial charge on any atom is -0.341 e. The number of likely N-dealkylation sites (tertiary alicyclic amines) is 1. The van der Waals surface area contributed by atoms with Crippen molar-refractivity contribution in [3.05, 3.63) is 51.1 Å². The Kier molecular flexibility index (Phi) is 5.06. The van der Waals surface area contributed by atoms with Gasteiger partial charge in [-0.2, -0.15) is 0 Å². The Morgan fingerprint density at radius 1 is 1.29 bits per heavy atom. The van der Waals surface area contributed by atoms with E-state index in [9.17, 15) is 14.9 Å². The minimum absolute atomic E-state index is 0.00881. The normalized spacial score (nSPS) is 14.9. The van der Waals surface area contributed by atoms with Crippen molar-refractivity contribution in [2.75, 3.05) is 13.1 Å². The average Bonchev–Trinajstić information content (AvgIpc) is 3.40. The van der Waals surface area contributed by atoms with E-state index in [0.717, 1.165) is 17.8 Å². The number of aromatic nitrogens is 5. The molecule has 0 bridgehead atoms. The van der Waals surface area contributed by atoms with Crippen LogP contribution in [0.4, 0.5) is 5.69 Å². The molecule has 0 N–H and O–H groups in total. The summed E-state index contributed by atoms with van der Waals surface area (Å²) in [5.41, 5.74) is 1.22. The van der Waals surface area contributed by atoms with Crippen LogP contribution in [0.5, 0.6) is 0 Å². The number of nitrogens with zero attached hydrogens (tertiary/aromatic N) is 7. The Bertz CT molecular complexity index is 980. The number of rotatable bonds is 5. The number of thiazole rings is 1. The van der Waals surface area contributed by atoms with Gasteiger partial charge in [0.15, 0.2) is 0 Å². The summed E-state index contributed by atoms with van der Waals surface area (Å²) < 4.78 is 1.41. The Hall–Kier alpha value is -3.21. The number of tetrazole rings is 1. The van der Waals surface area contributed by atoms with Gasteiger partial charge in [-0.25, -0.2) is 9.67 Å². The summed E-state index contributed by atoms with van der Waals surface area (Å²) in [5, 5.41) is 24.8. The summed E-state index contributed by atoms with van der Waals surface area (Å²) in [6, 6.07) is 6.63. The van der Waals surface area contributed by atoms with Gasteiger partial charge in [0.2, 0.25) is 5.91 Å². The summed E-state index contributed by atoms with van der Waals surface area (Å²) in [5.74, 6) is 0.240. The molecule has 1 aliphatic rings. The van der Waals surface area contributed by atoms with E-state index in [2.05, 4.69) is 20.5 Å². The average molecular weight is 399 g/mol. The molecule has 0 radical (unpaired) electrons. The van der Waals surface area contributed by atoms with Gasteiger partial charge in [-0.05, 0) is 29.3 Å². The van der Waals surface area contributed by atoms with E-state index in [4.69, 9.17) is 0 Å². The molecule has 1 saturated heterocycles. The largest absolute Gasteiger partial charge is 0.341 e. The number of nitro benzene ring substituents is 1. The van der Waals surface area contributed by atoms with E-state index >= 15 is 0 Å². The van der Waals surface area contributed by atoms with Crippen LogP contribution in [0.25, 0.3) is 11.3 Å². The number of nitro groups is 1. The lowest BCUT2D eigenvalue weighted by molar-refractivity contribution is -0.384. The van der Waals surface area contributed by atoms with Gasteiger partial charge in [0.1, 0.15) is 12.9 Å². The van der Waals surface area contributed by atoms with Crippen LogP contribution in [0.3, 0.4) is 0 Å². The van der Waals surface area contributed by atoms with Gasteiger partial charge in [0.05, 0.1) is 21.2 Å². The number of carbonyl (C=O) groups excluding carboxylic acids is 1. The molecule has 0 saturated carbocycles. The first-order valence-corrected chi connectivity index (χ1v) is 9.67. The standard InChI is InChI=1S/C17H17N7O3S/c25-16(9-23-11-18-20-21-23)22-7-5-12(6-8-22)17-19-14(10-28-17)13-3-1-2-4-15(13)24(26)27/h1-4,10-12H,5-9H2. The van der Waals surface area contributed by atoms with Crippen molar-refractivity contribution in [2.45, 2.75) is 25.3 Å². The molecule has 0 atom stereocenters. The van der Waals surface area contributed by atoms with Gasteiger partial charge < -0.3 is 4.90 Å². The van der Waals surface area contributed by atoms with Crippen LogP contribution in [0.2, 0.25) is 0 Å². The molecule has 28 heavy (non-hydrogen) atoms. The number of hydrogen-bond acceptors (Lipinski definition) is 8. The topological polar surface area (TPSA) is 120 Å². The SMILES string of the molecule is O=C(Cn1cnnn1)N1CCC(c2nc(-c3ccccc3[N+](=O)[O-])cs2)CC1. The maximum Gasteiger partial charge on any atom is 0.278 e. The van der Waals surface area contributed by atoms with Crippen LogP contribution in [0.1, 0.15) is 23.8 Å². The molecule has 1 amide bonds. The van der Waals surface area contributed by atoms with Crippen molar-refractivity contribution in [1.29, 1.82) is 0 Å². The molecular formula is C17H17N7O3S. The molecule has 3 heterocycles. The van der Waals surface area contributed by atoms with Crippen LogP contribution < -0.4 is 0 Å². The number of benzene rings is 1. The molecule has 144 valence electrons. The van der Waals surface area contributed by atoms with Gasteiger partial charge in [0.25, 0.3) is 5.69 Å². The van der Waals surface area contributed by atoms with Crippen molar-refractivity contribution in [1.82, 2.24) is 30.1 Å². The zero-order valence-electron chi connectivity index (χ0n) is 14.8. The lowest BCUT2D eigenvalue weighted by Gasteiger charge is -2.31. The highest BCUT2D eigenvalue weighted by Gasteiger charge is 2.27. The second-order valence-corrected chi connectivity index (χ2v) is 7.40. The summed E-state index contributed by atoms with van der Waals surface area (Å²) in [6.07, 6.45) is 3.04. The molecule has 3 aromatic rings. The van der Waals surface area contributed by atoms with E-state index in [1.807, 2.05) is 10.3 Å². The van der Waals surface area contributed by atoms with Crippen molar-refractivity contribution >= 4 is 22.9 Å². The van der Waals surface area contributed by atoms with E-state index in [1.54, 1.807) is 18.2 Å². The van der Waals surface area contributed by atoms with E-state index in [-0.39, 0.29) is 29.0 Å². The summed E-state index contributed by atoms with van der Waals surface area (Å²) in [7, 11) is 0. The molecule has 4 rings (SSSR count). The lowest BCUT2D eigenvalue weighted by atomic mass is 9.97. The molecule has 0 aliphatic carbocycles. The predicted octanol–water partition coefficient (Wildman–Crippen LogP) is 2.11. The fourth-order valence-electron chi connectivity index (χ4n) is 3.32. The van der Waals surface area contributed by atoms with Crippen LogP contribution >= 0.6 is 11.3 Å². The summed E-state index contributed by atoms with van der Waals surface area (Å²) in [4.78, 5) is 29.7. The molecule has 0 unspecified atom stereocenters. The van der Waals surface area contributed by atoms with Gasteiger partial charge in [-0.15, -0.1) is 16.4 Å². The Balaban J connectivity index is 1.41. The quantitative estimate of drug-likeness (QED) is 0.476. The maximum atomic E-state index is 12.3. The Morgan fingerprint density at radius 3 is 2.79 bits per heavy atom. The van der Waals surface area contributed by atoms with Crippen molar-refractivity contribution < 1.29 is 9.72 Å². The van der Waals surface area contributed by atoms with Crippen molar-refractivity contribution in [3.63, 3.8) is 0 Å². The molecule has 0 spiro atoms. The maximum absolute atomic E-state index is 12.3. The van der Waals surface area contributed by atoms with Gasteiger partial charge in [-0.1, -0.05) is 12.1 Å². The zero-order valence-corrected chi connectivity index (χ0v) is 15.7. The van der Waals surface area contributed by atoms with Crippen molar-refractivity contribution in [3.8, 4) is 11.3 Å². The number of amides is 1. The number of carbonyl (C=O) groups is 1. The minimum atomic E-state index is -0.386. The Morgan fingerprint density at radius 2 is 2.07 bits per heavy atom. The fourth-order valence-corrected chi connectivity index (χ4v) is 4.31. The van der Waals surface area contributed by atoms with E-state index < -0.39 is 0 Å². The smallest absolute Gasteiger partial charge is 0.278 e. The molecule has 11 heteroatoms.